The van der Waals surface area contributed by atoms with E-state index in [4.69, 9.17) is 14.7 Å². The lowest BCUT2D eigenvalue weighted by Crippen LogP contribution is -1.92. The largest absolute Gasteiger partial charge is 0.455 e. The Hall–Kier alpha value is -2.47. The van der Waals surface area contributed by atoms with Crippen LogP contribution in [0.2, 0.25) is 0 Å². The Morgan fingerprint density at radius 1 is 1.10 bits per heavy atom. The summed E-state index contributed by atoms with van der Waals surface area (Å²) in [6, 6.07) is 9.67. The molecule has 0 aliphatic heterocycles. The Bertz CT molecular complexity index is 703. The van der Waals surface area contributed by atoms with Gasteiger partial charge in [-0.3, -0.25) is 0 Å². The molecule has 0 bridgehead atoms. The molecule has 0 amide bonds. The van der Waals surface area contributed by atoms with Gasteiger partial charge in [0.05, 0.1) is 6.54 Å². The van der Waals surface area contributed by atoms with Crippen molar-refractivity contribution in [2.75, 3.05) is 0 Å². The topological polar surface area (TPSA) is 78.1 Å². The zero-order chi connectivity index (χ0) is 13.9. The van der Waals surface area contributed by atoms with Crippen molar-refractivity contribution in [3.8, 4) is 11.7 Å². The maximum Gasteiger partial charge on any atom is 0.293 e. The van der Waals surface area contributed by atoms with Crippen molar-refractivity contribution >= 4 is 0 Å². The molecule has 0 saturated heterocycles. The number of benzene rings is 1. The number of nitrogens with two attached hydrogens (primary N) is 1. The normalized spacial score (nSPS) is 10.9. The van der Waals surface area contributed by atoms with Crippen LogP contribution < -0.4 is 5.73 Å². The zero-order valence-electron chi connectivity index (χ0n) is 10.5. The average molecular weight is 273 g/mol. The number of hydrogen-bond acceptors (Lipinski definition) is 5. The molecule has 0 aliphatic rings. The molecule has 0 unspecified atom stereocenters. The Morgan fingerprint density at radius 2 is 1.90 bits per heavy atom. The molecule has 3 aromatic rings. The first-order chi connectivity index (χ1) is 9.74. The minimum absolute atomic E-state index is 0.271. The van der Waals surface area contributed by atoms with E-state index in [1.165, 1.54) is 12.1 Å². The van der Waals surface area contributed by atoms with Gasteiger partial charge in [0, 0.05) is 6.42 Å². The minimum Gasteiger partial charge on any atom is -0.455 e. The summed E-state index contributed by atoms with van der Waals surface area (Å²) in [4.78, 5) is 4.24. The molecule has 0 spiro atoms. The van der Waals surface area contributed by atoms with Crippen LogP contribution in [0.25, 0.3) is 11.7 Å². The first-order valence-electron chi connectivity index (χ1n) is 6.11. The summed E-state index contributed by atoms with van der Waals surface area (Å²) in [7, 11) is 0. The van der Waals surface area contributed by atoms with Crippen LogP contribution in [0.15, 0.2) is 45.3 Å². The highest BCUT2D eigenvalue weighted by Crippen LogP contribution is 2.20. The average Bonchev–Trinajstić information content (AvgIpc) is 3.10. The smallest absolute Gasteiger partial charge is 0.293 e. The van der Waals surface area contributed by atoms with Gasteiger partial charge in [-0.15, -0.1) is 0 Å². The van der Waals surface area contributed by atoms with E-state index in [9.17, 15) is 4.39 Å². The highest BCUT2D eigenvalue weighted by Gasteiger charge is 2.13. The third-order valence-corrected chi connectivity index (χ3v) is 2.82. The molecule has 20 heavy (non-hydrogen) atoms. The molecule has 102 valence electrons. The van der Waals surface area contributed by atoms with Crippen LogP contribution in [0.5, 0.6) is 0 Å². The summed E-state index contributed by atoms with van der Waals surface area (Å²) in [5.74, 6) is 1.69. The molecule has 0 atom stereocenters. The lowest BCUT2D eigenvalue weighted by Gasteiger charge is -1.95. The second-order valence-corrected chi connectivity index (χ2v) is 4.29. The van der Waals surface area contributed by atoms with E-state index in [0.29, 0.717) is 36.2 Å². The fourth-order valence-corrected chi connectivity index (χ4v) is 1.81. The van der Waals surface area contributed by atoms with Crippen LogP contribution in [-0.2, 0) is 13.0 Å². The Morgan fingerprint density at radius 3 is 2.60 bits per heavy atom. The first-order valence-corrected chi connectivity index (χ1v) is 6.11. The monoisotopic (exact) mass is 273 g/mol. The van der Waals surface area contributed by atoms with Crippen molar-refractivity contribution in [2.45, 2.75) is 13.0 Å². The Labute approximate surface area is 114 Å². The van der Waals surface area contributed by atoms with E-state index in [2.05, 4.69) is 10.1 Å². The molecule has 6 heteroatoms. The molecule has 2 aromatic heterocycles. The Kier molecular flexibility index (Phi) is 3.30. The highest BCUT2D eigenvalue weighted by atomic mass is 19.1. The van der Waals surface area contributed by atoms with E-state index in [0.717, 1.165) is 5.56 Å². The van der Waals surface area contributed by atoms with Gasteiger partial charge >= 0.3 is 0 Å². The van der Waals surface area contributed by atoms with Gasteiger partial charge in [-0.1, -0.05) is 17.3 Å². The summed E-state index contributed by atoms with van der Waals surface area (Å²) in [5.41, 5.74) is 6.37. The lowest BCUT2D eigenvalue weighted by molar-refractivity contribution is 0.406. The number of nitrogens with zero attached hydrogens (tertiary/aromatic N) is 2. The number of aromatic nitrogens is 2. The van der Waals surface area contributed by atoms with Gasteiger partial charge < -0.3 is 14.7 Å². The first kappa shape index (κ1) is 12.6. The molecule has 5 nitrogen and oxygen atoms in total. The molecule has 2 N–H and O–H groups in total. The second-order valence-electron chi connectivity index (χ2n) is 4.29. The van der Waals surface area contributed by atoms with Crippen molar-refractivity contribution in [3.05, 3.63) is 59.4 Å². The van der Waals surface area contributed by atoms with Crippen molar-refractivity contribution < 1.29 is 13.3 Å². The molecule has 3 rings (SSSR count). The van der Waals surface area contributed by atoms with Gasteiger partial charge in [-0.25, -0.2) is 4.39 Å². The van der Waals surface area contributed by atoms with E-state index in [1.807, 2.05) is 0 Å². The summed E-state index contributed by atoms with van der Waals surface area (Å²) in [6.45, 7) is 0.316. The van der Waals surface area contributed by atoms with Crippen LogP contribution in [0, 0.1) is 5.82 Å². The predicted molar refractivity (Wildman–Crippen MR) is 69.1 cm³/mol. The number of furan rings is 1. The highest BCUT2D eigenvalue weighted by molar-refractivity contribution is 5.44. The predicted octanol–water partition coefficient (Wildman–Crippen LogP) is 2.52. The van der Waals surface area contributed by atoms with E-state index < -0.39 is 0 Å². The zero-order valence-corrected chi connectivity index (χ0v) is 10.5. The quantitative estimate of drug-likeness (QED) is 0.790. The van der Waals surface area contributed by atoms with Gasteiger partial charge in [0.15, 0.2) is 11.6 Å². The summed E-state index contributed by atoms with van der Waals surface area (Å²) >= 11 is 0. The van der Waals surface area contributed by atoms with E-state index in [1.54, 1.807) is 24.3 Å². The molecule has 1 aromatic carbocycles. The molecular weight excluding hydrogens is 261 g/mol. The van der Waals surface area contributed by atoms with Crippen molar-refractivity contribution in [3.63, 3.8) is 0 Å². The summed E-state index contributed by atoms with van der Waals surface area (Å²) in [6.07, 6.45) is 0.467. The number of halogens is 1. The van der Waals surface area contributed by atoms with Gasteiger partial charge in [-0.2, -0.15) is 4.98 Å². The maximum atomic E-state index is 12.8. The van der Waals surface area contributed by atoms with Gasteiger partial charge in [0.25, 0.3) is 5.89 Å². The van der Waals surface area contributed by atoms with Crippen molar-refractivity contribution in [1.82, 2.24) is 10.1 Å². The molecule has 0 aliphatic carbocycles. The van der Waals surface area contributed by atoms with E-state index >= 15 is 0 Å². The fourth-order valence-electron chi connectivity index (χ4n) is 1.81. The third-order valence-electron chi connectivity index (χ3n) is 2.82. The van der Waals surface area contributed by atoms with Crippen LogP contribution in [-0.4, -0.2) is 10.1 Å². The van der Waals surface area contributed by atoms with Gasteiger partial charge in [0.2, 0.25) is 0 Å². The number of rotatable bonds is 4. The maximum absolute atomic E-state index is 12.8. The lowest BCUT2D eigenvalue weighted by atomic mass is 10.1. The standard InChI is InChI=1S/C14H12FN3O2/c15-10-3-1-9(2-4-10)7-13-17-14(20-18-13)12-6-5-11(8-16)19-12/h1-6H,7-8,16H2. The third kappa shape index (κ3) is 2.60. The van der Waals surface area contributed by atoms with Gasteiger partial charge in [0.1, 0.15) is 11.6 Å². The van der Waals surface area contributed by atoms with Crippen LogP contribution in [0.4, 0.5) is 4.39 Å². The van der Waals surface area contributed by atoms with Crippen molar-refractivity contribution in [1.29, 1.82) is 0 Å². The van der Waals surface area contributed by atoms with Crippen LogP contribution in [0.1, 0.15) is 17.1 Å². The molecular formula is C14H12FN3O2. The number of hydrogen-bond donors (Lipinski definition) is 1. The molecule has 0 radical (unpaired) electrons. The summed E-state index contributed by atoms with van der Waals surface area (Å²) < 4.78 is 23.4. The molecule has 2 heterocycles. The van der Waals surface area contributed by atoms with Crippen molar-refractivity contribution in [2.24, 2.45) is 5.73 Å². The van der Waals surface area contributed by atoms with Crippen LogP contribution in [0.3, 0.4) is 0 Å². The van der Waals surface area contributed by atoms with E-state index in [-0.39, 0.29) is 5.82 Å². The summed E-state index contributed by atoms with van der Waals surface area (Å²) in [5, 5.41) is 3.87. The molecule has 0 saturated carbocycles. The van der Waals surface area contributed by atoms with Crippen LogP contribution >= 0.6 is 0 Å². The molecule has 0 fully saturated rings. The fraction of sp³-hybridized carbons (Fsp3) is 0.143. The SMILES string of the molecule is NCc1ccc(-c2nc(Cc3ccc(F)cc3)no2)o1. The van der Waals surface area contributed by atoms with Gasteiger partial charge in [-0.05, 0) is 29.8 Å². The minimum atomic E-state index is -0.271. The Balaban J connectivity index is 1.78. The second kappa shape index (κ2) is 5.26.